The van der Waals surface area contributed by atoms with Gasteiger partial charge < -0.3 is 15.4 Å². The summed E-state index contributed by atoms with van der Waals surface area (Å²) in [6, 6.07) is 3.74. The molecule has 0 bridgehead atoms. The Morgan fingerprint density at radius 1 is 1.10 bits per heavy atom. The lowest BCUT2D eigenvalue weighted by atomic mass is 10.00. The number of nitrogens with zero attached hydrogens (tertiary/aromatic N) is 4. The first-order valence-corrected chi connectivity index (χ1v) is 11.1. The van der Waals surface area contributed by atoms with Crippen molar-refractivity contribution in [2.24, 2.45) is 24.8 Å². The Balaban J connectivity index is 0.000000142. The Morgan fingerprint density at radius 3 is 2.41 bits per heavy atom. The average molecular weight is 398 g/mol. The van der Waals surface area contributed by atoms with E-state index in [4.69, 9.17) is 10.5 Å². The number of likely N-dealkylation sites (tertiary alicyclic amines) is 1. The van der Waals surface area contributed by atoms with Crippen LogP contribution in [0, 0.1) is 24.7 Å². The van der Waals surface area contributed by atoms with Gasteiger partial charge in [0.2, 0.25) is 0 Å². The molecule has 2 unspecified atom stereocenters. The van der Waals surface area contributed by atoms with Crippen LogP contribution in [-0.4, -0.2) is 52.5 Å². The van der Waals surface area contributed by atoms with Crippen LogP contribution in [-0.2, 0) is 11.8 Å². The molecule has 5 rings (SSSR count). The molecule has 2 aromatic rings. The Bertz CT molecular complexity index is 769. The smallest absolute Gasteiger partial charge is 0.123 e. The second-order valence-corrected chi connectivity index (χ2v) is 9.00. The van der Waals surface area contributed by atoms with Crippen LogP contribution in [0.4, 0.5) is 5.82 Å². The van der Waals surface area contributed by atoms with Crippen LogP contribution in [0.15, 0.2) is 24.5 Å². The van der Waals surface area contributed by atoms with Crippen molar-refractivity contribution in [1.82, 2.24) is 19.7 Å². The normalized spacial score (nSPS) is 24.9. The van der Waals surface area contributed by atoms with Crippen LogP contribution in [0.1, 0.15) is 37.8 Å². The summed E-state index contributed by atoms with van der Waals surface area (Å²) in [6.07, 6.45) is 10.9. The molecule has 2 aromatic heterocycles. The molecule has 0 amide bonds. The third-order valence-electron chi connectivity index (χ3n) is 6.77. The Labute approximate surface area is 174 Å². The molecule has 6 heteroatoms. The number of hydrogen-bond acceptors (Lipinski definition) is 5. The van der Waals surface area contributed by atoms with Gasteiger partial charge in [-0.05, 0) is 62.5 Å². The summed E-state index contributed by atoms with van der Waals surface area (Å²) in [5.41, 5.74) is 8.66. The van der Waals surface area contributed by atoms with Crippen LogP contribution in [0.2, 0.25) is 0 Å². The number of nitrogens with two attached hydrogens (primary N) is 1. The minimum atomic E-state index is 0.537. The van der Waals surface area contributed by atoms with Gasteiger partial charge in [-0.1, -0.05) is 6.42 Å². The van der Waals surface area contributed by atoms with E-state index in [9.17, 15) is 0 Å². The van der Waals surface area contributed by atoms with Crippen LogP contribution < -0.4 is 5.73 Å². The second kappa shape index (κ2) is 9.26. The number of anilines is 1. The minimum Gasteiger partial charge on any atom is -0.384 e. The average Bonchev–Trinajstić information content (AvgIpc) is 3.39. The summed E-state index contributed by atoms with van der Waals surface area (Å²) in [7, 11) is 1.90. The van der Waals surface area contributed by atoms with Gasteiger partial charge in [0.05, 0.1) is 5.69 Å². The summed E-state index contributed by atoms with van der Waals surface area (Å²) in [6.45, 7) is 8.16. The molecular weight excluding hydrogens is 362 g/mol. The maximum atomic E-state index is 5.52. The van der Waals surface area contributed by atoms with Crippen molar-refractivity contribution >= 4 is 5.82 Å². The number of hydrogen-bond donors (Lipinski definition) is 1. The Hall–Kier alpha value is -1.92. The molecule has 29 heavy (non-hydrogen) atoms. The van der Waals surface area contributed by atoms with Gasteiger partial charge >= 0.3 is 0 Å². The van der Waals surface area contributed by atoms with E-state index in [1.165, 1.54) is 51.7 Å². The highest BCUT2D eigenvalue weighted by Gasteiger charge is 2.36. The van der Waals surface area contributed by atoms with E-state index < -0.39 is 0 Å². The summed E-state index contributed by atoms with van der Waals surface area (Å²) < 4.78 is 7.21. The fourth-order valence-electron chi connectivity index (χ4n) is 5.22. The van der Waals surface area contributed by atoms with E-state index in [-0.39, 0.29) is 0 Å². The van der Waals surface area contributed by atoms with Crippen molar-refractivity contribution in [3.63, 3.8) is 0 Å². The lowest BCUT2D eigenvalue weighted by Gasteiger charge is -2.27. The predicted molar refractivity (Wildman–Crippen MR) is 116 cm³/mol. The third kappa shape index (κ3) is 5.17. The van der Waals surface area contributed by atoms with Gasteiger partial charge in [0.1, 0.15) is 5.82 Å². The molecule has 0 spiro atoms. The molecule has 1 saturated carbocycles. The lowest BCUT2D eigenvalue weighted by Crippen LogP contribution is -2.31. The Morgan fingerprint density at radius 2 is 1.83 bits per heavy atom. The van der Waals surface area contributed by atoms with E-state index in [2.05, 4.69) is 15.0 Å². The molecule has 1 aliphatic carbocycles. The number of ether oxygens (including phenoxy) is 1. The maximum Gasteiger partial charge on any atom is 0.123 e. The van der Waals surface area contributed by atoms with Crippen LogP contribution >= 0.6 is 0 Å². The SMILES string of the molecule is C1CC2CN(CC3CCOCC3)CC2C1.Cc1nn(C)cc1-c1ccc(N)nc1. The molecule has 158 valence electrons. The van der Waals surface area contributed by atoms with Crippen molar-refractivity contribution in [3.05, 3.63) is 30.2 Å². The van der Waals surface area contributed by atoms with Crippen LogP contribution in [0.25, 0.3) is 11.1 Å². The molecule has 2 aliphatic heterocycles. The highest BCUT2D eigenvalue weighted by molar-refractivity contribution is 5.64. The van der Waals surface area contributed by atoms with Gasteiger partial charge in [0.25, 0.3) is 0 Å². The van der Waals surface area contributed by atoms with Crippen molar-refractivity contribution in [1.29, 1.82) is 0 Å². The van der Waals surface area contributed by atoms with Crippen molar-refractivity contribution in [3.8, 4) is 11.1 Å². The molecule has 3 aliphatic rings. The zero-order valence-corrected chi connectivity index (χ0v) is 17.9. The molecule has 2 atom stereocenters. The van der Waals surface area contributed by atoms with Crippen molar-refractivity contribution in [2.75, 3.05) is 38.6 Å². The topological polar surface area (TPSA) is 69.2 Å². The zero-order chi connectivity index (χ0) is 20.2. The third-order valence-corrected chi connectivity index (χ3v) is 6.77. The first-order valence-electron chi connectivity index (χ1n) is 11.1. The fourth-order valence-corrected chi connectivity index (χ4v) is 5.22. The largest absolute Gasteiger partial charge is 0.384 e. The monoisotopic (exact) mass is 397 g/mol. The second-order valence-electron chi connectivity index (χ2n) is 9.00. The van der Waals surface area contributed by atoms with Gasteiger partial charge in [-0.3, -0.25) is 4.68 Å². The molecular formula is C23H35N5O. The maximum absolute atomic E-state index is 5.52. The molecule has 0 radical (unpaired) electrons. The van der Waals surface area contributed by atoms with E-state index in [0.29, 0.717) is 5.82 Å². The first kappa shape index (κ1) is 20.4. The molecule has 2 N–H and O–H groups in total. The van der Waals surface area contributed by atoms with Crippen LogP contribution in [0.5, 0.6) is 0 Å². The van der Waals surface area contributed by atoms with Gasteiger partial charge in [0, 0.05) is 63.4 Å². The standard InChI is InChI=1S/C13H23NO.C10H12N4/c1-2-12-9-14(10-13(12)3-1)8-11-4-6-15-7-5-11;1-7-9(6-14(2)13-7)8-3-4-10(11)12-5-8/h11-13H,1-10H2;3-6H,1-2H3,(H2,11,12). The zero-order valence-electron chi connectivity index (χ0n) is 17.9. The molecule has 0 aromatic carbocycles. The number of fused-ring (bicyclic) bond motifs is 1. The summed E-state index contributed by atoms with van der Waals surface area (Å²) in [5, 5.41) is 4.27. The molecule has 2 saturated heterocycles. The lowest BCUT2D eigenvalue weighted by molar-refractivity contribution is 0.0546. The number of nitrogen functional groups attached to an aromatic ring is 1. The summed E-state index contributed by atoms with van der Waals surface area (Å²) >= 11 is 0. The van der Waals surface area contributed by atoms with E-state index in [1.54, 1.807) is 16.9 Å². The minimum absolute atomic E-state index is 0.537. The fraction of sp³-hybridized carbons (Fsp3) is 0.652. The summed E-state index contributed by atoms with van der Waals surface area (Å²) in [5.74, 6) is 3.59. The van der Waals surface area contributed by atoms with E-state index >= 15 is 0 Å². The molecule has 4 heterocycles. The van der Waals surface area contributed by atoms with Crippen molar-refractivity contribution in [2.45, 2.75) is 39.0 Å². The number of aryl methyl sites for hydroxylation is 2. The molecule has 3 fully saturated rings. The number of aromatic nitrogens is 3. The highest BCUT2D eigenvalue weighted by atomic mass is 16.5. The van der Waals surface area contributed by atoms with Crippen molar-refractivity contribution < 1.29 is 4.74 Å². The Kier molecular flexibility index (Phi) is 6.50. The number of pyridine rings is 1. The predicted octanol–water partition coefficient (Wildman–Crippen LogP) is 3.52. The highest BCUT2D eigenvalue weighted by Crippen LogP contribution is 2.38. The van der Waals surface area contributed by atoms with E-state index in [1.807, 2.05) is 26.2 Å². The van der Waals surface area contributed by atoms with E-state index in [0.717, 1.165) is 47.8 Å². The number of rotatable bonds is 3. The van der Waals surface area contributed by atoms with Gasteiger partial charge in [-0.25, -0.2) is 4.98 Å². The quantitative estimate of drug-likeness (QED) is 0.858. The summed E-state index contributed by atoms with van der Waals surface area (Å²) in [4.78, 5) is 6.79. The molecule has 6 nitrogen and oxygen atoms in total. The van der Waals surface area contributed by atoms with Gasteiger partial charge in [-0.15, -0.1) is 0 Å². The van der Waals surface area contributed by atoms with Gasteiger partial charge in [0.15, 0.2) is 0 Å². The van der Waals surface area contributed by atoms with Gasteiger partial charge in [-0.2, -0.15) is 5.10 Å². The first-order chi connectivity index (χ1) is 14.1. The van der Waals surface area contributed by atoms with Crippen LogP contribution in [0.3, 0.4) is 0 Å².